The number of pyridine rings is 1. The molecule has 0 saturated heterocycles. The Bertz CT molecular complexity index is 823. The first-order chi connectivity index (χ1) is 10.1. The fourth-order valence-corrected chi connectivity index (χ4v) is 2.04. The highest BCUT2D eigenvalue weighted by Gasteiger charge is 2.12. The van der Waals surface area contributed by atoms with Gasteiger partial charge in [0.25, 0.3) is 5.56 Å². The molecule has 0 unspecified atom stereocenters. The first-order valence-electron chi connectivity index (χ1n) is 6.22. The molecule has 0 spiro atoms. The van der Waals surface area contributed by atoms with E-state index >= 15 is 0 Å². The van der Waals surface area contributed by atoms with Crippen molar-refractivity contribution < 1.29 is 4.52 Å². The van der Waals surface area contributed by atoms with Gasteiger partial charge in [-0.2, -0.15) is 5.10 Å². The molecule has 0 amide bonds. The molecule has 6 nitrogen and oxygen atoms in total. The Balaban J connectivity index is 1.96. The Kier molecular flexibility index (Phi) is 3.53. The molecule has 0 atom stereocenters. The van der Waals surface area contributed by atoms with Crippen LogP contribution in [-0.4, -0.2) is 19.9 Å². The fourth-order valence-electron chi connectivity index (χ4n) is 1.91. The van der Waals surface area contributed by atoms with Gasteiger partial charge in [0.05, 0.1) is 17.8 Å². The van der Waals surface area contributed by atoms with Crippen molar-refractivity contribution in [3.8, 4) is 11.3 Å². The van der Waals surface area contributed by atoms with Gasteiger partial charge in [-0.05, 0) is 19.1 Å². The minimum Gasteiger partial charge on any atom is -0.364 e. The number of aryl methyl sites for hydroxylation is 1. The van der Waals surface area contributed by atoms with Gasteiger partial charge in [0.15, 0.2) is 0 Å². The van der Waals surface area contributed by atoms with E-state index in [1.165, 1.54) is 23.2 Å². The van der Waals surface area contributed by atoms with Gasteiger partial charge in [0, 0.05) is 29.1 Å². The molecule has 7 heteroatoms. The van der Waals surface area contributed by atoms with Crippen molar-refractivity contribution in [1.82, 2.24) is 19.9 Å². The second-order valence-corrected chi connectivity index (χ2v) is 4.98. The summed E-state index contributed by atoms with van der Waals surface area (Å²) >= 11 is 5.73. The van der Waals surface area contributed by atoms with Crippen LogP contribution in [0.3, 0.4) is 0 Å². The van der Waals surface area contributed by atoms with Crippen LogP contribution < -0.4 is 5.56 Å². The van der Waals surface area contributed by atoms with Gasteiger partial charge >= 0.3 is 0 Å². The number of nitrogens with zero attached hydrogens (tertiary/aromatic N) is 4. The maximum atomic E-state index is 11.8. The van der Waals surface area contributed by atoms with Crippen molar-refractivity contribution in [2.24, 2.45) is 0 Å². The van der Waals surface area contributed by atoms with Crippen molar-refractivity contribution in [2.45, 2.75) is 13.5 Å². The number of aromatic nitrogens is 4. The normalized spacial score (nSPS) is 10.8. The molecule has 106 valence electrons. The molecule has 0 aliphatic heterocycles. The lowest BCUT2D eigenvalue weighted by molar-refractivity contribution is 0.420. The molecular formula is C14H11ClN4O2. The predicted octanol–water partition coefficient (Wildman–Crippen LogP) is 2.30. The van der Waals surface area contributed by atoms with Gasteiger partial charge in [-0.25, -0.2) is 4.68 Å². The third kappa shape index (κ3) is 2.85. The number of hydrogen-bond donors (Lipinski definition) is 0. The van der Waals surface area contributed by atoms with Crippen LogP contribution >= 0.6 is 11.6 Å². The van der Waals surface area contributed by atoms with Gasteiger partial charge in [-0.15, -0.1) is 0 Å². The Hall–Kier alpha value is -2.47. The second-order valence-electron chi connectivity index (χ2n) is 4.55. The van der Waals surface area contributed by atoms with Crippen LogP contribution in [0.4, 0.5) is 0 Å². The maximum absolute atomic E-state index is 11.8. The monoisotopic (exact) mass is 302 g/mol. The highest BCUT2D eigenvalue weighted by molar-refractivity contribution is 6.30. The van der Waals surface area contributed by atoms with Gasteiger partial charge in [0.2, 0.25) is 0 Å². The summed E-state index contributed by atoms with van der Waals surface area (Å²) in [5.74, 6) is 0. The van der Waals surface area contributed by atoms with Crippen molar-refractivity contribution in [1.29, 1.82) is 0 Å². The van der Waals surface area contributed by atoms with Crippen molar-refractivity contribution in [3.05, 3.63) is 63.5 Å². The third-order valence-electron chi connectivity index (χ3n) is 2.98. The van der Waals surface area contributed by atoms with Crippen molar-refractivity contribution >= 4 is 11.6 Å². The van der Waals surface area contributed by atoms with Crippen LogP contribution in [0.2, 0.25) is 5.02 Å². The minimum absolute atomic E-state index is 0.253. The average Bonchev–Trinajstić information content (AvgIpc) is 2.91. The molecule has 0 fully saturated rings. The first kappa shape index (κ1) is 13.5. The Labute approximate surface area is 125 Å². The van der Waals surface area contributed by atoms with E-state index in [1.54, 1.807) is 6.20 Å². The zero-order chi connectivity index (χ0) is 14.8. The van der Waals surface area contributed by atoms with Crippen LogP contribution in [0.1, 0.15) is 11.3 Å². The molecule has 0 saturated carbocycles. The quantitative estimate of drug-likeness (QED) is 0.742. The van der Waals surface area contributed by atoms with Gasteiger partial charge in [0.1, 0.15) is 12.0 Å². The van der Waals surface area contributed by atoms with Crippen LogP contribution in [0, 0.1) is 6.92 Å². The largest absolute Gasteiger partial charge is 0.364 e. The van der Waals surface area contributed by atoms with E-state index in [1.807, 2.05) is 19.1 Å². The lowest BCUT2D eigenvalue weighted by Gasteiger charge is -2.04. The van der Waals surface area contributed by atoms with Crippen LogP contribution in [-0.2, 0) is 6.54 Å². The molecule has 0 aliphatic rings. The zero-order valence-electron chi connectivity index (χ0n) is 11.2. The summed E-state index contributed by atoms with van der Waals surface area (Å²) in [6, 6.07) is 5.11. The van der Waals surface area contributed by atoms with E-state index in [0.29, 0.717) is 10.7 Å². The lowest BCUT2D eigenvalue weighted by Crippen LogP contribution is -2.22. The standard InChI is InChI=1S/C14H11ClN4O2/c1-9-2-3-10(5-16-9)14-11(8-21-18-14)7-19-13(20)4-12(15)6-17-19/h2-6,8H,7H2,1H3. The molecule has 3 rings (SSSR count). The summed E-state index contributed by atoms with van der Waals surface area (Å²) in [4.78, 5) is 16.0. The van der Waals surface area contributed by atoms with E-state index in [-0.39, 0.29) is 12.1 Å². The first-order valence-corrected chi connectivity index (χ1v) is 6.60. The molecule has 0 N–H and O–H groups in total. The predicted molar refractivity (Wildman–Crippen MR) is 77.1 cm³/mol. The van der Waals surface area contributed by atoms with Gasteiger partial charge in [-0.1, -0.05) is 16.8 Å². The second kappa shape index (κ2) is 5.49. The van der Waals surface area contributed by atoms with E-state index in [0.717, 1.165) is 16.8 Å². The minimum atomic E-state index is -0.281. The molecule has 0 radical (unpaired) electrons. The van der Waals surface area contributed by atoms with E-state index < -0.39 is 0 Å². The molecule has 0 bridgehead atoms. The molecule has 0 aliphatic carbocycles. The van der Waals surface area contributed by atoms with Gasteiger partial charge < -0.3 is 4.52 Å². The Morgan fingerprint density at radius 1 is 1.33 bits per heavy atom. The summed E-state index contributed by atoms with van der Waals surface area (Å²) in [6.07, 6.45) is 4.64. The summed E-state index contributed by atoms with van der Waals surface area (Å²) < 4.78 is 6.31. The zero-order valence-corrected chi connectivity index (χ0v) is 11.9. The van der Waals surface area contributed by atoms with Crippen molar-refractivity contribution in [2.75, 3.05) is 0 Å². The molecule has 3 heterocycles. The fraction of sp³-hybridized carbons (Fsp3) is 0.143. The van der Waals surface area contributed by atoms with Gasteiger partial charge in [-0.3, -0.25) is 9.78 Å². The van der Waals surface area contributed by atoms with Crippen molar-refractivity contribution in [3.63, 3.8) is 0 Å². The molecular weight excluding hydrogens is 292 g/mol. The number of rotatable bonds is 3. The lowest BCUT2D eigenvalue weighted by atomic mass is 10.1. The maximum Gasteiger partial charge on any atom is 0.268 e. The van der Waals surface area contributed by atoms with E-state index in [9.17, 15) is 4.79 Å². The summed E-state index contributed by atoms with van der Waals surface area (Å²) in [7, 11) is 0. The summed E-state index contributed by atoms with van der Waals surface area (Å²) in [5.41, 5.74) is 2.85. The SMILES string of the molecule is Cc1ccc(-c2nocc2Cn2ncc(Cl)cc2=O)cn1. The highest BCUT2D eigenvalue weighted by atomic mass is 35.5. The molecule has 21 heavy (non-hydrogen) atoms. The van der Waals surface area contributed by atoms with Crippen LogP contribution in [0.15, 0.2) is 46.2 Å². The molecule has 0 aromatic carbocycles. The highest BCUT2D eigenvalue weighted by Crippen LogP contribution is 2.21. The topological polar surface area (TPSA) is 73.8 Å². The van der Waals surface area contributed by atoms with Crippen LogP contribution in [0.5, 0.6) is 0 Å². The summed E-state index contributed by atoms with van der Waals surface area (Å²) in [5, 5.41) is 8.27. The smallest absolute Gasteiger partial charge is 0.268 e. The molecule has 3 aromatic heterocycles. The Morgan fingerprint density at radius 2 is 2.19 bits per heavy atom. The third-order valence-corrected chi connectivity index (χ3v) is 3.19. The number of hydrogen-bond acceptors (Lipinski definition) is 5. The Morgan fingerprint density at radius 3 is 2.90 bits per heavy atom. The van der Waals surface area contributed by atoms with E-state index in [4.69, 9.17) is 16.1 Å². The summed E-state index contributed by atoms with van der Waals surface area (Å²) in [6.45, 7) is 2.16. The average molecular weight is 303 g/mol. The van der Waals surface area contributed by atoms with E-state index in [2.05, 4.69) is 15.2 Å². The van der Waals surface area contributed by atoms with Crippen LogP contribution in [0.25, 0.3) is 11.3 Å². The number of halogens is 1. The molecule has 3 aromatic rings.